The Morgan fingerprint density at radius 2 is 1.83 bits per heavy atom. The maximum atomic E-state index is 12.9. The summed E-state index contributed by atoms with van der Waals surface area (Å²) in [5.41, 5.74) is 0.989. The molecule has 1 aromatic carbocycles. The minimum absolute atomic E-state index is 0.0925. The third kappa shape index (κ3) is 5.93. The molecule has 150 valence electrons. The maximum absolute atomic E-state index is 12.9. The van der Waals surface area contributed by atoms with Gasteiger partial charge in [-0.05, 0) is 36.4 Å². The van der Waals surface area contributed by atoms with Gasteiger partial charge in [0.05, 0.1) is 23.7 Å². The van der Waals surface area contributed by atoms with Crippen LogP contribution < -0.4 is 16.0 Å². The molecule has 3 rings (SSSR count). The van der Waals surface area contributed by atoms with Crippen molar-refractivity contribution in [2.45, 2.75) is 13.5 Å². The van der Waals surface area contributed by atoms with Crippen molar-refractivity contribution in [3.05, 3.63) is 58.0 Å². The van der Waals surface area contributed by atoms with E-state index in [2.05, 4.69) is 20.9 Å². The number of hydrogen-bond donors (Lipinski definition) is 3. The van der Waals surface area contributed by atoms with Crippen molar-refractivity contribution in [1.29, 1.82) is 0 Å². The quantitative estimate of drug-likeness (QED) is 0.534. The molecule has 3 aromatic rings. The van der Waals surface area contributed by atoms with Crippen LogP contribution in [0.2, 0.25) is 0 Å². The molecule has 0 saturated heterocycles. The van der Waals surface area contributed by atoms with Crippen LogP contribution >= 0.6 is 22.7 Å². The van der Waals surface area contributed by atoms with Gasteiger partial charge in [0.15, 0.2) is 5.13 Å². The summed E-state index contributed by atoms with van der Waals surface area (Å²) in [6.45, 7) is 1.69. The van der Waals surface area contributed by atoms with Crippen LogP contribution in [0.25, 0.3) is 10.6 Å². The lowest BCUT2D eigenvalue weighted by atomic mass is 10.2. The number of amides is 3. The molecule has 0 bridgehead atoms. The fourth-order valence-corrected chi connectivity index (χ4v) is 4.00. The number of anilines is 1. The molecule has 3 N–H and O–H groups in total. The van der Waals surface area contributed by atoms with Crippen molar-refractivity contribution in [3.63, 3.8) is 0 Å². The Morgan fingerprint density at radius 1 is 1.07 bits per heavy atom. The van der Waals surface area contributed by atoms with Gasteiger partial charge in [-0.15, -0.1) is 22.7 Å². The highest BCUT2D eigenvalue weighted by atomic mass is 32.1. The van der Waals surface area contributed by atoms with Gasteiger partial charge in [-0.25, -0.2) is 9.37 Å². The maximum Gasteiger partial charge on any atom is 0.251 e. The summed E-state index contributed by atoms with van der Waals surface area (Å²) >= 11 is 2.78. The predicted molar refractivity (Wildman–Crippen MR) is 110 cm³/mol. The fraction of sp³-hybridized carbons (Fsp3) is 0.158. The Bertz CT molecular complexity index is 1030. The number of halogens is 1. The van der Waals surface area contributed by atoms with Crippen LogP contribution in [-0.4, -0.2) is 29.3 Å². The Kier molecular flexibility index (Phi) is 6.68. The standard InChI is InChI=1S/C19H17FN4O3S2/c1-11(25)21-8-14-6-7-16(29-14)15-10-28-19(23-15)24-17(26)9-22-18(27)12-2-4-13(20)5-3-12/h2-7,10H,8-9H2,1H3,(H,21,25)(H,22,27)(H,23,24,26). The number of carbonyl (C=O) groups is 3. The van der Waals surface area contributed by atoms with Gasteiger partial charge >= 0.3 is 0 Å². The minimum Gasteiger partial charge on any atom is -0.351 e. The van der Waals surface area contributed by atoms with Crippen LogP contribution in [0.4, 0.5) is 9.52 Å². The number of nitrogens with one attached hydrogen (secondary N) is 3. The monoisotopic (exact) mass is 432 g/mol. The van der Waals surface area contributed by atoms with E-state index < -0.39 is 17.6 Å². The topological polar surface area (TPSA) is 100 Å². The van der Waals surface area contributed by atoms with Crippen LogP contribution in [0.5, 0.6) is 0 Å². The van der Waals surface area contributed by atoms with Gasteiger partial charge in [-0.1, -0.05) is 0 Å². The van der Waals surface area contributed by atoms with Crippen LogP contribution in [0.15, 0.2) is 41.8 Å². The number of aromatic nitrogens is 1. The summed E-state index contributed by atoms with van der Waals surface area (Å²) < 4.78 is 12.9. The Balaban J connectivity index is 1.51. The van der Waals surface area contributed by atoms with Crippen LogP contribution in [0.1, 0.15) is 22.2 Å². The molecule has 0 spiro atoms. The lowest BCUT2D eigenvalue weighted by Crippen LogP contribution is -2.32. The first-order valence-electron chi connectivity index (χ1n) is 8.53. The number of thiophene rings is 1. The zero-order valence-electron chi connectivity index (χ0n) is 15.3. The molecule has 2 heterocycles. The molecule has 0 saturated carbocycles. The first-order valence-corrected chi connectivity index (χ1v) is 10.2. The third-order valence-corrected chi connectivity index (χ3v) is 5.56. The summed E-state index contributed by atoms with van der Waals surface area (Å²) in [6.07, 6.45) is 0. The van der Waals surface area contributed by atoms with Gasteiger partial charge in [0, 0.05) is 22.7 Å². The predicted octanol–water partition coefficient (Wildman–Crippen LogP) is 3.02. The summed E-state index contributed by atoms with van der Waals surface area (Å²) in [4.78, 5) is 41.3. The van der Waals surface area contributed by atoms with Crippen molar-refractivity contribution in [2.24, 2.45) is 0 Å². The highest BCUT2D eigenvalue weighted by Gasteiger charge is 2.12. The zero-order chi connectivity index (χ0) is 20.8. The average Bonchev–Trinajstić information content (AvgIpc) is 3.34. The largest absolute Gasteiger partial charge is 0.351 e. The molecule has 3 amide bonds. The van der Waals surface area contributed by atoms with Crippen molar-refractivity contribution in [3.8, 4) is 10.6 Å². The van der Waals surface area contributed by atoms with Gasteiger partial charge in [0.25, 0.3) is 5.91 Å². The number of nitrogens with zero attached hydrogens (tertiary/aromatic N) is 1. The van der Waals surface area contributed by atoms with Gasteiger partial charge in [0.1, 0.15) is 5.82 Å². The second kappa shape index (κ2) is 9.39. The van der Waals surface area contributed by atoms with E-state index in [1.807, 2.05) is 17.5 Å². The Morgan fingerprint density at radius 3 is 2.55 bits per heavy atom. The van der Waals surface area contributed by atoms with E-state index in [1.165, 1.54) is 53.9 Å². The molecule has 0 aliphatic rings. The molecule has 0 fully saturated rings. The minimum atomic E-state index is -0.467. The molecule has 10 heteroatoms. The Labute approximate surface area is 174 Å². The van der Waals surface area contributed by atoms with E-state index in [4.69, 9.17) is 0 Å². The lowest BCUT2D eigenvalue weighted by Gasteiger charge is -2.05. The van der Waals surface area contributed by atoms with Gasteiger partial charge in [0.2, 0.25) is 11.8 Å². The van der Waals surface area contributed by atoms with E-state index in [9.17, 15) is 18.8 Å². The van der Waals surface area contributed by atoms with E-state index in [-0.39, 0.29) is 18.0 Å². The van der Waals surface area contributed by atoms with Crippen molar-refractivity contribution < 1.29 is 18.8 Å². The molecule has 0 radical (unpaired) electrons. The number of carbonyl (C=O) groups excluding carboxylic acids is 3. The second-order valence-electron chi connectivity index (χ2n) is 5.95. The number of thiazole rings is 1. The molecule has 0 aliphatic heterocycles. The van der Waals surface area contributed by atoms with Crippen molar-refractivity contribution in [1.82, 2.24) is 15.6 Å². The lowest BCUT2D eigenvalue weighted by molar-refractivity contribution is -0.119. The molecule has 0 atom stereocenters. The third-order valence-electron chi connectivity index (χ3n) is 3.69. The molecular formula is C19H17FN4O3S2. The molecule has 7 nitrogen and oxygen atoms in total. The van der Waals surface area contributed by atoms with E-state index in [1.54, 1.807) is 0 Å². The normalized spacial score (nSPS) is 10.4. The van der Waals surface area contributed by atoms with Gasteiger partial charge in [-0.3, -0.25) is 14.4 Å². The molecule has 0 aliphatic carbocycles. The SMILES string of the molecule is CC(=O)NCc1ccc(-c2csc(NC(=O)CNC(=O)c3ccc(F)cc3)n2)s1. The van der Waals surface area contributed by atoms with Crippen molar-refractivity contribution in [2.75, 3.05) is 11.9 Å². The fourth-order valence-electron chi connectivity index (χ4n) is 2.29. The highest BCUT2D eigenvalue weighted by Crippen LogP contribution is 2.30. The number of rotatable bonds is 7. The Hall–Kier alpha value is -3.11. The summed E-state index contributed by atoms with van der Waals surface area (Å²) in [5, 5.41) is 10.1. The van der Waals surface area contributed by atoms with Gasteiger partial charge < -0.3 is 16.0 Å². The molecule has 29 heavy (non-hydrogen) atoms. The van der Waals surface area contributed by atoms with Gasteiger partial charge in [-0.2, -0.15) is 0 Å². The molecule has 2 aromatic heterocycles. The van der Waals surface area contributed by atoms with Crippen molar-refractivity contribution >= 4 is 45.5 Å². The molecule has 0 unspecified atom stereocenters. The van der Waals surface area contributed by atoms with E-state index >= 15 is 0 Å². The summed E-state index contributed by atoms with van der Waals surface area (Å²) in [6, 6.07) is 8.87. The first kappa shape index (κ1) is 20.6. The molecular weight excluding hydrogens is 415 g/mol. The number of hydrogen-bond acceptors (Lipinski definition) is 6. The number of benzene rings is 1. The second-order valence-corrected chi connectivity index (χ2v) is 7.98. The average molecular weight is 433 g/mol. The van der Waals surface area contributed by atoms with Crippen LogP contribution in [0.3, 0.4) is 0 Å². The highest BCUT2D eigenvalue weighted by molar-refractivity contribution is 7.17. The smallest absolute Gasteiger partial charge is 0.251 e. The van der Waals surface area contributed by atoms with Crippen LogP contribution in [-0.2, 0) is 16.1 Å². The van der Waals surface area contributed by atoms with Crippen LogP contribution in [0, 0.1) is 5.82 Å². The first-order chi connectivity index (χ1) is 13.9. The summed E-state index contributed by atoms with van der Waals surface area (Å²) in [5.74, 6) is -1.42. The summed E-state index contributed by atoms with van der Waals surface area (Å²) in [7, 11) is 0. The van der Waals surface area contributed by atoms with E-state index in [0.717, 1.165) is 15.4 Å². The zero-order valence-corrected chi connectivity index (χ0v) is 17.0. The van der Waals surface area contributed by atoms with E-state index in [0.29, 0.717) is 11.7 Å².